The Balaban J connectivity index is 2.13. The van der Waals surface area contributed by atoms with Crippen molar-refractivity contribution in [2.24, 2.45) is 0 Å². The average molecular weight is 242 g/mol. The van der Waals surface area contributed by atoms with Crippen molar-refractivity contribution in [2.45, 2.75) is 32.7 Å². The van der Waals surface area contributed by atoms with Crippen molar-refractivity contribution in [1.29, 1.82) is 0 Å². The minimum Gasteiger partial charge on any atom is -0.358 e. The molecule has 1 saturated heterocycles. The third-order valence-electron chi connectivity index (χ3n) is 3.85. The Bertz CT molecular complexity index is 606. The molecule has 1 aliphatic heterocycles. The van der Waals surface area contributed by atoms with Gasteiger partial charge in [0.05, 0.1) is 6.04 Å². The number of benzene rings is 1. The second-order valence-corrected chi connectivity index (χ2v) is 5.14. The lowest BCUT2D eigenvalue weighted by atomic mass is 9.99. The number of rotatable bonds is 2. The van der Waals surface area contributed by atoms with Crippen molar-refractivity contribution in [3.8, 4) is 0 Å². The summed E-state index contributed by atoms with van der Waals surface area (Å²) < 4.78 is 0. The molecule has 1 fully saturated rings. The smallest absolute Gasteiger partial charge is 0.182 e. The van der Waals surface area contributed by atoms with E-state index in [1.807, 2.05) is 19.1 Å². The van der Waals surface area contributed by atoms with E-state index in [9.17, 15) is 4.79 Å². The zero-order valence-electron chi connectivity index (χ0n) is 10.8. The van der Waals surface area contributed by atoms with Crippen molar-refractivity contribution in [2.75, 3.05) is 6.54 Å². The van der Waals surface area contributed by atoms with Crippen molar-refractivity contribution in [1.82, 2.24) is 10.3 Å². The van der Waals surface area contributed by atoms with E-state index in [0.717, 1.165) is 41.5 Å². The number of fused-ring (bicyclic) bond motifs is 1. The molecule has 1 aromatic heterocycles. The van der Waals surface area contributed by atoms with Crippen molar-refractivity contribution in [3.05, 3.63) is 35.0 Å². The average Bonchev–Trinajstić information content (AvgIpc) is 2.96. The monoisotopic (exact) mass is 242 g/mol. The third kappa shape index (κ3) is 1.66. The number of hydrogen-bond donors (Lipinski definition) is 2. The van der Waals surface area contributed by atoms with Crippen LogP contribution in [0.3, 0.4) is 0 Å². The highest BCUT2D eigenvalue weighted by Crippen LogP contribution is 2.27. The van der Waals surface area contributed by atoms with Gasteiger partial charge in [0.15, 0.2) is 5.78 Å². The van der Waals surface area contributed by atoms with Crippen LogP contribution in [-0.4, -0.2) is 23.4 Å². The molecule has 2 N–H and O–H groups in total. The Morgan fingerprint density at radius 2 is 2.17 bits per heavy atom. The summed E-state index contributed by atoms with van der Waals surface area (Å²) in [6.07, 6.45) is 2.05. The summed E-state index contributed by atoms with van der Waals surface area (Å²) >= 11 is 0. The van der Waals surface area contributed by atoms with Gasteiger partial charge in [-0.25, -0.2) is 0 Å². The maximum absolute atomic E-state index is 12.6. The first-order chi connectivity index (χ1) is 8.68. The van der Waals surface area contributed by atoms with Crippen LogP contribution < -0.4 is 5.32 Å². The van der Waals surface area contributed by atoms with Gasteiger partial charge in [-0.15, -0.1) is 0 Å². The molecule has 3 nitrogen and oxygen atoms in total. The normalized spacial score (nSPS) is 19.6. The minimum atomic E-state index is 0.00297. The summed E-state index contributed by atoms with van der Waals surface area (Å²) in [5, 5.41) is 4.35. The van der Waals surface area contributed by atoms with Crippen LogP contribution in [0.25, 0.3) is 10.9 Å². The fraction of sp³-hybridized carbons (Fsp3) is 0.400. The molecule has 0 spiro atoms. The van der Waals surface area contributed by atoms with Crippen LogP contribution in [-0.2, 0) is 0 Å². The third-order valence-corrected chi connectivity index (χ3v) is 3.85. The van der Waals surface area contributed by atoms with Gasteiger partial charge in [0.1, 0.15) is 0 Å². The van der Waals surface area contributed by atoms with Gasteiger partial charge in [-0.05, 0) is 38.8 Å². The summed E-state index contributed by atoms with van der Waals surface area (Å²) in [6.45, 7) is 5.01. The molecule has 0 bridgehead atoms. The molecule has 2 aromatic rings. The van der Waals surface area contributed by atoms with E-state index in [4.69, 9.17) is 0 Å². The van der Waals surface area contributed by atoms with Crippen molar-refractivity contribution in [3.63, 3.8) is 0 Å². The molecule has 1 aromatic carbocycles. The molecule has 18 heavy (non-hydrogen) atoms. The number of carbonyl (C=O) groups excluding carboxylic acids is 1. The molecular weight excluding hydrogens is 224 g/mol. The quantitative estimate of drug-likeness (QED) is 0.795. The van der Waals surface area contributed by atoms with Gasteiger partial charge < -0.3 is 10.3 Å². The largest absolute Gasteiger partial charge is 0.358 e. The van der Waals surface area contributed by atoms with Gasteiger partial charge in [0.2, 0.25) is 0 Å². The van der Waals surface area contributed by atoms with Gasteiger partial charge in [0.25, 0.3) is 0 Å². The summed E-state index contributed by atoms with van der Waals surface area (Å²) in [6, 6.07) is 6.13. The predicted molar refractivity (Wildman–Crippen MR) is 73.1 cm³/mol. The van der Waals surface area contributed by atoms with Gasteiger partial charge in [-0.2, -0.15) is 0 Å². The molecule has 1 atom stereocenters. The first kappa shape index (κ1) is 11.5. The zero-order chi connectivity index (χ0) is 12.7. The standard InChI is InChI=1S/C15H18N2O/c1-9-5-3-6-11-13(10(2)17-14(9)11)15(18)12-7-4-8-16-12/h3,5-6,12,16-17H,4,7-8H2,1-2H3. The molecule has 0 radical (unpaired) electrons. The maximum atomic E-state index is 12.6. The van der Waals surface area contributed by atoms with Crippen LogP contribution in [0.15, 0.2) is 18.2 Å². The van der Waals surface area contributed by atoms with E-state index in [1.165, 1.54) is 5.56 Å². The number of hydrogen-bond acceptors (Lipinski definition) is 2. The van der Waals surface area contributed by atoms with Gasteiger partial charge in [-0.3, -0.25) is 4.79 Å². The Kier molecular flexibility index (Phi) is 2.71. The number of ketones is 1. The second kappa shape index (κ2) is 4.25. The summed E-state index contributed by atoms with van der Waals surface area (Å²) in [7, 11) is 0. The van der Waals surface area contributed by atoms with E-state index in [1.54, 1.807) is 0 Å². The predicted octanol–water partition coefficient (Wildman–Crippen LogP) is 2.72. The fourth-order valence-corrected chi connectivity index (χ4v) is 2.89. The van der Waals surface area contributed by atoms with Crippen molar-refractivity contribution < 1.29 is 4.79 Å². The number of aromatic amines is 1. The summed E-state index contributed by atoms with van der Waals surface area (Å²) in [5.74, 6) is 0.238. The molecule has 0 saturated carbocycles. The van der Waals surface area contributed by atoms with Gasteiger partial charge in [-0.1, -0.05) is 18.2 Å². The van der Waals surface area contributed by atoms with Gasteiger partial charge >= 0.3 is 0 Å². The molecule has 0 amide bonds. The summed E-state index contributed by atoms with van der Waals surface area (Å²) in [4.78, 5) is 15.9. The van der Waals surface area contributed by atoms with Crippen LogP contribution in [0, 0.1) is 13.8 Å². The Morgan fingerprint density at radius 1 is 1.33 bits per heavy atom. The number of Topliss-reactive ketones (excluding diaryl/α,β-unsaturated/α-hetero) is 1. The molecular formula is C15H18N2O. The number of aromatic nitrogens is 1. The van der Waals surface area contributed by atoms with Crippen LogP contribution in [0.5, 0.6) is 0 Å². The highest BCUT2D eigenvalue weighted by molar-refractivity contribution is 6.12. The van der Waals surface area contributed by atoms with Crippen LogP contribution in [0.4, 0.5) is 0 Å². The van der Waals surface area contributed by atoms with E-state index in [0.29, 0.717) is 0 Å². The topological polar surface area (TPSA) is 44.9 Å². The van der Waals surface area contributed by atoms with Crippen LogP contribution in [0.1, 0.15) is 34.5 Å². The first-order valence-corrected chi connectivity index (χ1v) is 6.54. The number of aryl methyl sites for hydroxylation is 2. The summed E-state index contributed by atoms with van der Waals surface area (Å²) in [5.41, 5.74) is 4.14. The Hall–Kier alpha value is -1.61. The first-order valence-electron chi connectivity index (χ1n) is 6.54. The van der Waals surface area contributed by atoms with Gasteiger partial charge in [0, 0.05) is 22.2 Å². The Labute approximate surface area is 107 Å². The van der Waals surface area contributed by atoms with E-state index >= 15 is 0 Å². The molecule has 1 unspecified atom stereocenters. The van der Waals surface area contributed by atoms with Crippen LogP contribution in [0.2, 0.25) is 0 Å². The molecule has 0 aliphatic carbocycles. The molecule has 3 heteroatoms. The van der Waals surface area contributed by atoms with Crippen molar-refractivity contribution >= 4 is 16.7 Å². The van der Waals surface area contributed by atoms with E-state index in [2.05, 4.69) is 23.3 Å². The lowest BCUT2D eigenvalue weighted by Gasteiger charge is -2.09. The van der Waals surface area contributed by atoms with Crippen LogP contribution >= 0.6 is 0 Å². The highest BCUT2D eigenvalue weighted by Gasteiger charge is 2.26. The maximum Gasteiger partial charge on any atom is 0.182 e. The SMILES string of the molecule is Cc1[nH]c2c(C)cccc2c1C(=O)C1CCCN1. The molecule has 94 valence electrons. The van der Waals surface area contributed by atoms with E-state index < -0.39 is 0 Å². The molecule has 1 aliphatic rings. The zero-order valence-corrected chi connectivity index (χ0v) is 10.8. The lowest BCUT2D eigenvalue weighted by Crippen LogP contribution is -2.31. The van der Waals surface area contributed by atoms with E-state index in [-0.39, 0.29) is 11.8 Å². The fourth-order valence-electron chi connectivity index (χ4n) is 2.89. The molecule has 3 rings (SSSR count). The highest BCUT2D eigenvalue weighted by atomic mass is 16.1. The molecule has 2 heterocycles. The second-order valence-electron chi connectivity index (χ2n) is 5.14. The Morgan fingerprint density at radius 3 is 2.89 bits per heavy atom. The number of carbonyl (C=O) groups is 1. The number of H-pyrrole nitrogens is 1. The lowest BCUT2D eigenvalue weighted by molar-refractivity contribution is 0.0953. The number of para-hydroxylation sites is 1. The minimum absolute atomic E-state index is 0.00297. The number of nitrogens with one attached hydrogen (secondary N) is 2.